The molecule has 2 rings (SSSR count). The number of nitrogens with zero attached hydrogens (tertiary/aromatic N) is 2. The molecule has 1 fully saturated rings. The van der Waals surface area contributed by atoms with Crippen LogP contribution in [0.4, 0.5) is 0 Å². The van der Waals surface area contributed by atoms with Crippen molar-refractivity contribution in [3.05, 3.63) is 35.0 Å². The molecule has 0 radical (unpaired) electrons. The molecule has 1 aromatic rings. The zero-order chi connectivity index (χ0) is 14.0. The average Bonchev–Trinajstić information content (AvgIpc) is 2.77. The Hall–Kier alpha value is -1.05. The zero-order valence-electron chi connectivity index (χ0n) is 10.8. The van der Waals surface area contributed by atoms with Crippen LogP contribution in [0.15, 0.2) is 29.2 Å². The van der Waals surface area contributed by atoms with E-state index in [1.807, 2.05) is 6.92 Å². The summed E-state index contributed by atoms with van der Waals surface area (Å²) in [6.45, 7) is 1.91. The molecule has 0 aromatic heterocycles. The molecule has 0 bridgehead atoms. The minimum absolute atomic E-state index is 0.271. The maximum Gasteiger partial charge on any atom is 0.244 e. The highest BCUT2D eigenvalue weighted by molar-refractivity contribution is 8.00. The van der Waals surface area contributed by atoms with Gasteiger partial charge in [0.1, 0.15) is 13.1 Å². The standard InChI is InChI=1S/C12H16N2O3S2/c1-10-3-5-12(6-4-10)19(16,17)14-9-18-8-11(14)7-13(2)15/h3-7,11H,8-9H2,1-2H3/b13-7-/t11-/m1/s1. The molecular formula is C12H16N2O3S2. The molecular weight excluding hydrogens is 284 g/mol. The van der Waals surface area contributed by atoms with Gasteiger partial charge >= 0.3 is 0 Å². The molecule has 1 heterocycles. The van der Waals surface area contributed by atoms with Crippen molar-refractivity contribution >= 4 is 28.0 Å². The van der Waals surface area contributed by atoms with Crippen molar-refractivity contribution in [3.63, 3.8) is 0 Å². The minimum Gasteiger partial charge on any atom is -0.624 e. The summed E-state index contributed by atoms with van der Waals surface area (Å²) in [5.74, 6) is 0.989. The SMILES string of the molecule is Cc1ccc(S(=O)(=O)N2CSC[C@H]2/C=[N+](/C)[O-])cc1. The van der Waals surface area contributed by atoms with Crippen molar-refractivity contribution < 1.29 is 13.2 Å². The first-order valence-electron chi connectivity index (χ1n) is 5.82. The molecule has 0 amide bonds. The van der Waals surface area contributed by atoms with E-state index < -0.39 is 10.0 Å². The maximum absolute atomic E-state index is 12.5. The number of hydrogen-bond acceptors (Lipinski definition) is 4. The van der Waals surface area contributed by atoms with Gasteiger partial charge in [0.2, 0.25) is 10.0 Å². The van der Waals surface area contributed by atoms with E-state index in [9.17, 15) is 13.6 Å². The van der Waals surface area contributed by atoms with Gasteiger partial charge in [0, 0.05) is 5.75 Å². The van der Waals surface area contributed by atoms with Crippen molar-refractivity contribution in [1.82, 2.24) is 4.31 Å². The van der Waals surface area contributed by atoms with Crippen LogP contribution in [0.1, 0.15) is 5.56 Å². The van der Waals surface area contributed by atoms with E-state index >= 15 is 0 Å². The van der Waals surface area contributed by atoms with Crippen LogP contribution in [0, 0.1) is 12.1 Å². The van der Waals surface area contributed by atoms with Crippen LogP contribution in [0.25, 0.3) is 0 Å². The lowest BCUT2D eigenvalue weighted by Gasteiger charge is -2.19. The zero-order valence-corrected chi connectivity index (χ0v) is 12.4. The number of hydroxylamine groups is 1. The fraction of sp³-hybridized carbons (Fsp3) is 0.417. The third-order valence-electron chi connectivity index (χ3n) is 2.89. The number of benzene rings is 1. The van der Waals surface area contributed by atoms with Crippen LogP contribution in [-0.4, -0.2) is 48.4 Å². The lowest BCUT2D eigenvalue weighted by Crippen LogP contribution is -2.38. The fourth-order valence-corrected chi connectivity index (χ4v) is 4.99. The van der Waals surface area contributed by atoms with Gasteiger partial charge in [-0.05, 0) is 19.1 Å². The van der Waals surface area contributed by atoms with Crippen molar-refractivity contribution in [3.8, 4) is 0 Å². The summed E-state index contributed by atoms with van der Waals surface area (Å²) in [5, 5.41) is 11.1. The molecule has 7 heteroatoms. The van der Waals surface area contributed by atoms with Crippen LogP contribution < -0.4 is 0 Å². The Bertz CT molecular complexity index is 577. The quantitative estimate of drug-likeness (QED) is 0.365. The smallest absolute Gasteiger partial charge is 0.244 e. The molecule has 19 heavy (non-hydrogen) atoms. The minimum atomic E-state index is -3.53. The first-order valence-corrected chi connectivity index (χ1v) is 8.42. The number of rotatable bonds is 3. The first-order chi connectivity index (χ1) is 8.91. The summed E-state index contributed by atoms with van der Waals surface area (Å²) in [6, 6.07) is 6.37. The van der Waals surface area contributed by atoms with Gasteiger partial charge in [-0.2, -0.15) is 4.31 Å². The Balaban J connectivity index is 2.33. The lowest BCUT2D eigenvalue weighted by molar-refractivity contribution is -0.419. The Kier molecular flexibility index (Phi) is 4.17. The largest absolute Gasteiger partial charge is 0.624 e. The molecule has 0 saturated carbocycles. The van der Waals surface area contributed by atoms with Crippen LogP contribution in [0.5, 0.6) is 0 Å². The fourth-order valence-electron chi connectivity index (χ4n) is 1.90. The van der Waals surface area contributed by atoms with Crippen LogP contribution in [0.2, 0.25) is 0 Å². The number of hydrogen-bond donors (Lipinski definition) is 0. The predicted octanol–water partition coefficient (Wildman–Crippen LogP) is 1.27. The van der Waals surface area contributed by atoms with Gasteiger partial charge in [0.05, 0.1) is 10.8 Å². The van der Waals surface area contributed by atoms with Crippen LogP contribution >= 0.6 is 11.8 Å². The molecule has 1 aromatic carbocycles. The molecule has 0 N–H and O–H groups in total. The first kappa shape index (κ1) is 14.4. The van der Waals surface area contributed by atoms with E-state index in [4.69, 9.17) is 0 Å². The highest BCUT2D eigenvalue weighted by Gasteiger charge is 2.36. The number of sulfonamides is 1. The van der Waals surface area contributed by atoms with E-state index in [1.54, 1.807) is 24.3 Å². The van der Waals surface area contributed by atoms with E-state index in [-0.39, 0.29) is 10.9 Å². The van der Waals surface area contributed by atoms with Gasteiger partial charge in [-0.25, -0.2) is 13.2 Å². The van der Waals surface area contributed by atoms with Gasteiger partial charge in [0.15, 0.2) is 6.21 Å². The molecule has 1 aliphatic rings. The second-order valence-electron chi connectivity index (χ2n) is 4.47. The molecule has 1 atom stereocenters. The van der Waals surface area contributed by atoms with Crippen LogP contribution in [-0.2, 0) is 10.0 Å². The van der Waals surface area contributed by atoms with E-state index in [0.717, 1.165) is 5.56 Å². The summed E-state index contributed by atoms with van der Waals surface area (Å²) in [4.78, 5) is 0.271. The third-order valence-corrected chi connectivity index (χ3v) is 5.97. The Morgan fingerprint density at radius 1 is 1.42 bits per heavy atom. The van der Waals surface area contributed by atoms with E-state index in [1.165, 1.54) is 29.3 Å². The second kappa shape index (κ2) is 5.52. The summed E-state index contributed by atoms with van der Waals surface area (Å²) >= 11 is 1.51. The van der Waals surface area contributed by atoms with Gasteiger partial charge in [-0.3, -0.25) is 0 Å². The number of thioether (sulfide) groups is 1. The third kappa shape index (κ3) is 3.10. The van der Waals surface area contributed by atoms with Gasteiger partial charge < -0.3 is 5.21 Å². The van der Waals surface area contributed by atoms with Gasteiger partial charge in [-0.15, -0.1) is 11.8 Å². The highest BCUT2D eigenvalue weighted by Crippen LogP contribution is 2.27. The molecule has 1 aliphatic heterocycles. The molecule has 0 aliphatic carbocycles. The maximum atomic E-state index is 12.5. The Morgan fingerprint density at radius 2 is 2.05 bits per heavy atom. The molecule has 0 spiro atoms. The Morgan fingerprint density at radius 3 is 2.63 bits per heavy atom. The van der Waals surface area contributed by atoms with Crippen molar-refractivity contribution in [2.75, 3.05) is 18.7 Å². The lowest BCUT2D eigenvalue weighted by atomic mass is 10.2. The van der Waals surface area contributed by atoms with Crippen molar-refractivity contribution in [2.45, 2.75) is 17.9 Å². The topological polar surface area (TPSA) is 63.5 Å². The normalized spacial score (nSPS) is 21.8. The summed E-state index contributed by atoms with van der Waals surface area (Å²) in [6.07, 6.45) is 1.39. The summed E-state index contributed by atoms with van der Waals surface area (Å²) in [5.41, 5.74) is 1.01. The molecule has 5 nitrogen and oxygen atoms in total. The van der Waals surface area contributed by atoms with E-state index in [2.05, 4.69) is 0 Å². The molecule has 0 unspecified atom stereocenters. The summed E-state index contributed by atoms with van der Waals surface area (Å²) < 4.78 is 27.1. The predicted molar refractivity (Wildman–Crippen MR) is 76.9 cm³/mol. The molecule has 104 valence electrons. The molecule has 1 saturated heterocycles. The van der Waals surface area contributed by atoms with Crippen molar-refractivity contribution in [1.29, 1.82) is 0 Å². The van der Waals surface area contributed by atoms with Crippen molar-refractivity contribution in [2.24, 2.45) is 0 Å². The van der Waals surface area contributed by atoms with Gasteiger partial charge in [-0.1, -0.05) is 17.7 Å². The number of aryl methyl sites for hydroxylation is 1. The highest BCUT2D eigenvalue weighted by atomic mass is 32.2. The van der Waals surface area contributed by atoms with Gasteiger partial charge in [0.25, 0.3) is 0 Å². The van der Waals surface area contributed by atoms with Crippen LogP contribution in [0.3, 0.4) is 0 Å². The average molecular weight is 300 g/mol. The van der Waals surface area contributed by atoms with E-state index in [0.29, 0.717) is 16.4 Å². The monoisotopic (exact) mass is 300 g/mol. The Labute approximate surface area is 117 Å². The second-order valence-corrected chi connectivity index (χ2v) is 7.36. The summed E-state index contributed by atoms with van der Waals surface area (Å²) in [7, 11) is -2.17.